The predicted molar refractivity (Wildman–Crippen MR) is 116 cm³/mol. The first-order chi connectivity index (χ1) is 14.9. The monoisotopic (exact) mass is 418 g/mol. The highest BCUT2D eigenvalue weighted by Crippen LogP contribution is 2.23. The van der Waals surface area contributed by atoms with Crippen LogP contribution >= 0.6 is 0 Å². The van der Waals surface area contributed by atoms with Crippen molar-refractivity contribution in [2.24, 2.45) is 0 Å². The van der Waals surface area contributed by atoms with Crippen molar-refractivity contribution in [1.82, 2.24) is 4.90 Å². The lowest BCUT2D eigenvalue weighted by molar-refractivity contribution is -0.384. The first-order valence-electron chi connectivity index (χ1n) is 9.69. The number of likely N-dealkylation sites (N-methyl/N-ethyl adjacent to an activating group) is 1. The van der Waals surface area contributed by atoms with Gasteiger partial charge in [0.05, 0.1) is 11.0 Å². The zero-order valence-electron chi connectivity index (χ0n) is 17.2. The maximum atomic E-state index is 12.5. The summed E-state index contributed by atoms with van der Waals surface area (Å²) in [7, 11) is 1.62. The molecule has 158 valence electrons. The van der Waals surface area contributed by atoms with Gasteiger partial charge >= 0.3 is 0 Å². The molecule has 0 N–H and O–H groups in total. The minimum absolute atomic E-state index is 0.0217. The lowest BCUT2D eigenvalue weighted by Gasteiger charge is -2.25. The zero-order chi connectivity index (χ0) is 22.4. The molecule has 0 aliphatic rings. The third kappa shape index (κ3) is 5.33. The number of benzene rings is 3. The molecule has 0 aliphatic heterocycles. The number of hydrogen-bond donors (Lipinski definition) is 0. The zero-order valence-corrected chi connectivity index (χ0v) is 17.2. The van der Waals surface area contributed by atoms with Crippen molar-refractivity contribution in [2.45, 2.75) is 13.0 Å². The summed E-state index contributed by atoms with van der Waals surface area (Å²) in [5, 5.41) is 11.0. The Hall–Kier alpha value is -4.00. The second-order valence-corrected chi connectivity index (χ2v) is 7.04. The van der Waals surface area contributed by atoms with Crippen LogP contribution in [0.1, 0.15) is 34.5 Å². The van der Waals surface area contributed by atoms with E-state index in [0.717, 1.165) is 0 Å². The summed E-state index contributed by atoms with van der Waals surface area (Å²) in [6.45, 7) is 1.60. The van der Waals surface area contributed by atoms with Crippen LogP contribution in [0.2, 0.25) is 0 Å². The van der Waals surface area contributed by atoms with Crippen LogP contribution < -0.4 is 4.74 Å². The van der Waals surface area contributed by atoms with Crippen molar-refractivity contribution in [3.05, 3.63) is 106 Å². The number of carbonyl (C=O) groups is 2. The van der Waals surface area contributed by atoms with E-state index in [1.807, 2.05) is 18.2 Å². The van der Waals surface area contributed by atoms with Gasteiger partial charge in [0.15, 0.2) is 12.4 Å². The van der Waals surface area contributed by atoms with Gasteiger partial charge in [0, 0.05) is 30.3 Å². The van der Waals surface area contributed by atoms with Gasteiger partial charge in [0.25, 0.3) is 11.6 Å². The summed E-state index contributed by atoms with van der Waals surface area (Å²) in [6.07, 6.45) is 0. The minimum Gasteiger partial charge on any atom is -0.484 e. The van der Waals surface area contributed by atoms with Gasteiger partial charge in [-0.3, -0.25) is 19.7 Å². The first-order valence-corrected chi connectivity index (χ1v) is 9.69. The fourth-order valence-corrected chi connectivity index (χ4v) is 3.04. The maximum Gasteiger partial charge on any atom is 0.269 e. The maximum absolute atomic E-state index is 12.5. The number of nitrogens with zero attached hydrogens (tertiary/aromatic N) is 2. The quantitative estimate of drug-likeness (QED) is 0.307. The van der Waals surface area contributed by atoms with Crippen molar-refractivity contribution in [3.8, 4) is 5.75 Å². The molecule has 3 aromatic rings. The Kier molecular flexibility index (Phi) is 6.77. The fourth-order valence-electron chi connectivity index (χ4n) is 3.04. The number of nitro groups is 1. The molecule has 1 atom stereocenters. The van der Waals surface area contributed by atoms with E-state index in [9.17, 15) is 19.7 Å². The third-order valence-corrected chi connectivity index (χ3v) is 5.05. The van der Waals surface area contributed by atoms with Crippen molar-refractivity contribution in [1.29, 1.82) is 0 Å². The van der Waals surface area contributed by atoms with Crippen molar-refractivity contribution >= 4 is 17.4 Å². The molecule has 0 spiro atoms. The van der Waals surface area contributed by atoms with Gasteiger partial charge in [0.2, 0.25) is 0 Å². The van der Waals surface area contributed by atoms with E-state index >= 15 is 0 Å². The molecule has 0 saturated heterocycles. The number of rotatable bonds is 8. The Bertz CT molecular complexity index is 1080. The summed E-state index contributed by atoms with van der Waals surface area (Å²) in [5.74, 6) is 0.103. The fraction of sp³-hybridized carbons (Fsp3) is 0.167. The summed E-state index contributed by atoms with van der Waals surface area (Å²) in [5.41, 5.74) is 1.77. The van der Waals surface area contributed by atoms with Crippen LogP contribution in [0.25, 0.3) is 0 Å². The number of ether oxygens (including phenoxy) is 1. The molecule has 3 rings (SSSR count). The molecule has 0 aliphatic carbocycles. The Morgan fingerprint density at radius 3 is 2.26 bits per heavy atom. The average Bonchev–Trinajstić information content (AvgIpc) is 2.82. The molecule has 31 heavy (non-hydrogen) atoms. The topological polar surface area (TPSA) is 89.8 Å². The third-order valence-electron chi connectivity index (χ3n) is 5.05. The lowest BCUT2D eigenvalue weighted by Crippen LogP contribution is -2.33. The number of ketones is 1. The average molecular weight is 418 g/mol. The summed E-state index contributed by atoms with van der Waals surface area (Å²) in [6, 6.07) is 21.4. The van der Waals surface area contributed by atoms with E-state index in [-0.39, 0.29) is 30.0 Å². The van der Waals surface area contributed by atoms with Crippen molar-refractivity contribution in [3.63, 3.8) is 0 Å². The molecule has 0 unspecified atom stereocenters. The molecule has 0 saturated carbocycles. The molecule has 0 fully saturated rings. The Morgan fingerprint density at radius 1 is 0.968 bits per heavy atom. The smallest absolute Gasteiger partial charge is 0.269 e. The molecular weight excluding hydrogens is 396 g/mol. The summed E-state index contributed by atoms with van der Waals surface area (Å²) < 4.78 is 5.57. The van der Waals surface area contributed by atoms with Gasteiger partial charge in [-0.1, -0.05) is 42.5 Å². The van der Waals surface area contributed by atoms with Crippen molar-refractivity contribution < 1.29 is 19.2 Å². The normalized spacial score (nSPS) is 11.4. The highest BCUT2D eigenvalue weighted by Gasteiger charge is 2.20. The van der Waals surface area contributed by atoms with Gasteiger partial charge in [0.1, 0.15) is 5.75 Å². The van der Waals surface area contributed by atoms with Crippen LogP contribution in [-0.4, -0.2) is 35.2 Å². The van der Waals surface area contributed by atoms with Gasteiger partial charge in [-0.05, 0) is 36.8 Å². The molecule has 0 radical (unpaired) electrons. The molecule has 7 nitrogen and oxygen atoms in total. The van der Waals surface area contributed by atoms with Crippen LogP contribution in [0.4, 0.5) is 5.69 Å². The van der Waals surface area contributed by atoms with E-state index in [2.05, 4.69) is 0 Å². The molecular formula is C24H22N2O5. The number of nitro benzene ring substituents is 1. The van der Waals surface area contributed by atoms with Crippen LogP contribution in [0.3, 0.4) is 0 Å². The van der Waals surface area contributed by atoms with Gasteiger partial charge in [-0.25, -0.2) is 0 Å². The largest absolute Gasteiger partial charge is 0.484 e. The van der Waals surface area contributed by atoms with Crippen molar-refractivity contribution in [2.75, 3.05) is 13.7 Å². The van der Waals surface area contributed by atoms with E-state index in [1.54, 1.807) is 62.5 Å². The Labute approximate surface area is 180 Å². The molecule has 7 heteroatoms. The number of non-ortho nitro benzene ring substituents is 1. The van der Waals surface area contributed by atoms with E-state index in [1.165, 1.54) is 17.0 Å². The lowest BCUT2D eigenvalue weighted by atomic mass is 10.0. The Balaban J connectivity index is 1.59. The number of carbonyl (C=O) groups excluding carboxylic acids is 2. The van der Waals surface area contributed by atoms with Gasteiger partial charge in [-0.15, -0.1) is 0 Å². The summed E-state index contributed by atoms with van der Waals surface area (Å²) in [4.78, 5) is 37.0. The van der Waals surface area contributed by atoms with E-state index in [4.69, 9.17) is 4.74 Å². The standard InChI is InChI=1S/C24H22N2O5/c1-17(20-9-6-10-21(15-20)26(29)30)25(2)23(27)16-31-22-13-11-19(12-14-22)24(28)18-7-4-3-5-8-18/h3-15,17H,16H2,1-2H3/t17-/m0/s1. The Morgan fingerprint density at radius 2 is 1.61 bits per heavy atom. The second kappa shape index (κ2) is 9.67. The number of hydrogen-bond acceptors (Lipinski definition) is 5. The van der Waals surface area contributed by atoms with E-state index in [0.29, 0.717) is 22.4 Å². The SMILES string of the molecule is C[C@@H](c1cccc([N+](=O)[O-])c1)N(C)C(=O)COc1ccc(C(=O)c2ccccc2)cc1. The molecule has 3 aromatic carbocycles. The highest BCUT2D eigenvalue weighted by molar-refractivity contribution is 6.08. The van der Waals surface area contributed by atoms with Gasteiger partial charge in [-0.2, -0.15) is 0 Å². The first kappa shape index (κ1) is 21.7. The summed E-state index contributed by atoms with van der Waals surface area (Å²) >= 11 is 0. The molecule has 0 aromatic heterocycles. The molecule has 0 bridgehead atoms. The van der Waals surface area contributed by atoms with Gasteiger partial charge < -0.3 is 9.64 Å². The van der Waals surface area contributed by atoms with Crippen LogP contribution in [0.5, 0.6) is 5.75 Å². The second-order valence-electron chi connectivity index (χ2n) is 7.04. The van der Waals surface area contributed by atoms with Crippen LogP contribution in [0.15, 0.2) is 78.9 Å². The minimum atomic E-state index is -0.465. The molecule has 1 amide bonds. The predicted octanol–water partition coefficient (Wildman–Crippen LogP) is 4.42. The molecule has 0 heterocycles. The highest BCUT2D eigenvalue weighted by atomic mass is 16.6. The van der Waals surface area contributed by atoms with Crippen LogP contribution in [-0.2, 0) is 4.79 Å². The van der Waals surface area contributed by atoms with Crippen LogP contribution in [0, 0.1) is 10.1 Å². The number of amides is 1. The van der Waals surface area contributed by atoms with E-state index < -0.39 is 4.92 Å².